The average molecular weight is 330 g/mol. The van der Waals surface area contributed by atoms with E-state index in [1.54, 1.807) is 0 Å². The Kier molecular flexibility index (Phi) is 4.39. The first-order chi connectivity index (χ1) is 9.81. The number of sulfone groups is 1. The van der Waals surface area contributed by atoms with Crippen molar-refractivity contribution in [2.24, 2.45) is 0 Å². The van der Waals surface area contributed by atoms with E-state index < -0.39 is 15.7 Å². The van der Waals surface area contributed by atoms with Gasteiger partial charge in [-0.3, -0.25) is 0 Å². The third-order valence-electron chi connectivity index (χ3n) is 2.80. The van der Waals surface area contributed by atoms with E-state index in [9.17, 15) is 12.8 Å². The van der Waals surface area contributed by atoms with Crippen LogP contribution in [-0.4, -0.2) is 21.8 Å². The highest BCUT2D eigenvalue weighted by molar-refractivity contribution is 7.90. The molecule has 0 amide bonds. The van der Waals surface area contributed by atoms with Gasteiger partial charge in [-0.15, -0.1) is 0 Å². The van der Waals surface area contributed by atoms with E-state index in [2.05, 4.69) is 5.32 Å². The summed E-state index contributed by atoms with van der Waals surface area (Å²) in [6, 6.07) is 8.30. The minimum absolute atomic E-state index is 0.115. The van der Waals surface area contributed by atoms with Crippen molar-refractivity contribution in [2.45, 2.75) is 4.90 Å². The Morgan fingerprint density at radius 1 is 1.14 bits per heavy atom. The summed E-state index contributed by atoms with van der Waals surface area (Å²) in [5.41, 5.74) is 0.847. The molecule has 2 rings (SSSR count). The number of halogens is 2. The molecule has 0 unspecified atom stereocenters. The average Bonchev–Trinajstić information content (AvgIpc) is 2.40. The van der Waals surface area contributed by atoms with Gasteiger partial charge in [0.15, 0.2) is 9.84 Å². The zero-order valence-corrected chi connectivity index (χ0v) is 12.9. The molecule has 7 heteroatoms. The van der Waals surface area contributed by atoms with Gasteiger partial charge in [0.25, 0.3) is 0 Å². The van der Waals surface area contributed by atoms with E-state index in [4.69, 9.17) is 16.3 Å². The molecule has 0 bridgehead atoms. The molecule has 0 saturated carbocycles. The highest BCUT2D eigenvalue weighted by Crippen LogP contribution is 2.32. The topological polar surface area (TPSA) is 55.4 Å². The fourth-order valence-corrected chi connectivity index (χ4v) is 2.69. The molecule has 2 aromatic carbocycles. The molecule has 1 N–H and O–H groups in total. The summed E-state index contributed by atoms with van der Waals surface area (Å²) in [6.45, 7) is 0. The number of hydrogen-bond acceptors (Lipinski definition) is 4. The van der Waals surface area contributed by atoms with Crippen molar-refractivity contribution in [3.8, 4) is 5.75 Å². The van der Waals surface area contributed by atoms with Crippen molar-refractivity contribution in [3.05, 3.63) is 47.2 Å². The second kappa shape index (κ2) is 5.91. The molecule has 0 saturated heterocycles. The van der Waals surface area contributed by atoms with Gasteiger partial charge >= 0.3 is 0 Å². The molecule has 0 atom stereocenters. The summed E-state index contributed by atoms with van der Waals surface area (Å²) in [6.07, 6.45) is 1.10. The van der Waals surface area contributed by atoms with Gasteiger partial charge in [-0.25, -0.2) is 12.8 Å². The number of ether oxygens (including phenoxy) is 1. The van der Waals surface area contributed by atoms with E-state index in [-0.39, 0.29) is 9.92 Å². The summed E-state index contributed by atoms with van der Waals surface area (Å²) in [5.74, 6) is 0.0156. The molecule has 0 fully saturated rings. The quantitative estimate of drug-likeness (QED) is 0.930. The van der Waals surface area contributed by atoms with Crippen LogP contribution in [0.25, 0.3) is 0 Å². The minimum atomic E-state index is -3.33. The lowest BCUT2D eigenvalue weighted by molar-refractivity contribution is 0.416. The monoisotopic (exact) mass is 329 g/mol. The fourth-order valence-electron chi connectivity index (χ4n) is 1.75. The van der Waals surface area contributed by atoms with Crippen LogP contribution >= 0.6 is 11.6 Å². The maximum atomic E-state index is 13.3. The molecule has 112 valence electrons. The lowest BCUT2D eigenvalue weighted by atomic mass is 10.2. The second-order valence-corrected chi connectivity index (χ2v) is 6.81. The molecule has 0 heterocycles. The molecule has 0 aromatic heterocycles. The Labute approximate surface area is 127 Å². The van der Waals surface area contributed by atoms with Crippen LogP contribution < -0.4 is 10.1 Å². The first-order valence-electron chi connectivity index (χ1n) is 5.91. The van der Waals surface area contributed by atoms with Crippen LogP contribution in [0.3, 0.4) is 0 Å². The fraction of sp³-hybridized carbons (Fsp3) is 0.143. The number of anilines is 2. The Balaban J connectivity index is 2.39. The SMILES string of the molecule is COc1ccc(F)cc1Nc1ccc(S(C)(=O)=O)cc1Cl. The summed E-state index contributed by atoms with van der Waals surface area (Å²) in [7, 11) is -1.87. The Morgan fingerprint density at radius 3 is 2.43 bits per heavy atom. The molecule has 0 aliphatic heterocycles. The lowest BCUT2D eigenvalue weighted by Crippen LogP contribution is -1.99. The highest BCUT2D eigenvalue weighted by atomic mass is 35.5. The van der Waals surface area contributed by atoms with Gasteiger partial charge in [-0.2, -0.15) is 0 Å². The van der Waals surface area contributed by atoms with Gasteiger partial charge in [-0.1, -0.05) is 11.6 Å². The van der Waals surface area contributed by atoms with Crippen LogP contribution in [0.5, 0.6) is 5.75 Å². The van der Waals surface area contributed by atoms with E-state index in [1.165, 1.54) is 43.5 Å². The third kappa shape index (κ3) is 3.65. The van der Waals surface area contributed by atoms with Crippen molar-refractivity contribution in [3.63, 3.8) is 0 Å². The largest absolute Gasteiger partial charge is 0.495 e. The van der Waals surface area contributed by atoms with Gasteiger partial charge in [0.05, 0.1) is 28.4 Å². The maximum Gasteiger partial charge on any atom is 0.175 e. The molecule has 0 aliphatic carbocycles. The number of methoxy groups -OCH3 is 1. The molecular formula is C14H13ClFNO3S. The van der Waals surface area contributed by atoms with Gasteiger partial charge in [0.2, 0.25) is 0 Å². The van der Waals surface area contributed by atoms with Crippen LogP contribution in [0.1, 0.15) is 0 Å². The van der Waals surface area contributed by atoms with Gasteiger partial charge in [0, 0.05) is 12.3 Å². The summed E-state index contributed by atoms with van der Waals surface area (Å²) in [4.78, 5) is 0.115. The first-order valence-corrected chi connectivity index (χ1v) is 8.18. The van der Waals surface area contributed by atoms with Crippen molar-refractivity contribution < 1.29 is 17.5 Å². The van der Waals surface area contributed by atoms with Crippen molar-refractivity contribution in [2.75, 3.05) is 18.7 Å². The van der Waals surface area contributed by atoms with Crippen LogP contribution in [0.15, 0.2) is 41.3 Å². The summed E-state index contributed by atoms with van der Waals surface area (Å²) in [5, 5.41) is 3.13. The van der Waals surface area contributed by atoms with E-state index in [1.807, 2.05) is 0 Å². The molecule has 21 heavy (non-hydrogen) atoms. The zero-order chi connectivity index (χ0) is 15.6. The lowest BCUT2D eigenvalue weighted by Gasteiger charge is -2.13. The zero-order valence-electron chi connectivity index (χ0n) is 11.4. The number of nitrogens with one attached hydrogen (secondary N) is 1. The van der Waals surface area contributed by atoms with E-state index >= 15 is 0 Å². The standard InChI is InChI=1S/C14H13ClFNO3S/c1-20-14-6-3-9(16)7-13(14)17-12-5-4-10(8-11(12)15)21(2,18)19/h3-8,17H,1-2H3. The minimum Gasteiger partial charge on any atom is -0.495 e. The molecule has 2 aromatic rings. The molecular weight excluding hydrogens is 317 g/mol. The van der Waals surface area contributed by atoms with Gasteiger partial charge in [-0.05, 0) is 30.3 Å². The maximum absolute atomic E-state index is 13.3. The normalized spacial score (nSPS) is 11.2. The van der Waals surface area contributed by atoms with Gasteiger partial charge in [0.1, 0.15) is 11.6 Å². The van der Waals surface area contributed by atoms with Crippen molar-refractivity contribution in [1.29, 1.82) is 0 Å². The number of rotatable bonds is 4. The van der Waals surface area contributed by atoms with Crippen LogP contribution in [-0.2, 0) is 9.84 Å². The van der Waals surface area contributed by atoms with Crippen molar-refractivity contribution in [1.82, 2.24) is 0 Å². The van der Waals surface area contributed by atoms with Crippen molar-refractivity contribution >= 4 is 32.8 Å². The predicted molar refractivity (Wildman–Crippen MR) is 80.8 cm³/mol. The second-order valence-electron chi connectivity index (χ2n) is 4.38. The van der Waals surface area contributed by atoms with Crippen LogP contribution in [0.2, 0.25) is 5.02 Å². The summed E-state index contributed by atoms with van der Waals surface area (Å²) < 4.78 is 41.3. The van der Waals surface area contributed by atoms with Crippen LogP contribution in [0.4, 0.5) is 15.8 Å². The third-order valence-corrected chi connectivity index (χ3v) is 4.22. The Bertz CT molecular complexity index is 778. The van der Waals surface area contributed by atoms with Gasteiger partial charge < -0.3 is 10.1 Å². The van der Waals surface area contributed by atoms with E-state index in [0.29, 0.717) is 17.1 Å². The smallest absolute Gasteiger partial charge is 0.175 e. The highest BCUT2D eigenvalue weighted by Gasteiger charge is 2.12. The molecule has 4 nitrogen and oxygen atoms in total. The number of benzene rings is 2. The van der Waals surface area contributed by atoms with Crippen LogP contribution in [0, 0.1) is 5.82 Å². The Hall–Kier alpha value is -1.79. The molecule has 0 aliphatic rings. The summed E-state index contributed by atoms with van der Waals surface area (Å²) >= 11 is 6.06. The number of hydrogen-bond donors (Lipinski definition) is 1. The Morgan fingerprint density at radius 2 is 1.86 bits per heavy atom. The predicted octanol–water partition coefficient (Wildman–Crippen LogP) is 3.63. The first kappa shape index (κ1) is 15.6. The molecule has 0 radical (unpaired) electrons. The molecule has 0 spiro atoms. The van der Waals surface area contributed by atoms with E-state index in [0.717, 1.165) is 6.26 Å².